The number of amidine groups is 2. The van der Waals surface area contributed by atoms with Crippen LogP contribution in [0.4, 0.5) is 0 Å². The first-order chi connectivity index (χ1) is 12.1. The molecule has 0 saturated heterocycles. The van der Waals surface area contributed by atoms with E-state index in [9.17, 15) is 0 Å². The van der Waals surface area contributed by atoms with Gasteiger partial charge >= 0.3 is 0 Å². The van der Waals surface area contributed by atoms with Gasteiger partial charge in [-0.2, -0.15) is 0 Å². The molecule has 1 aromatic carbocycles. The van der Waals surface area contributed by atoms with Crippen LogP contribution in [0.5, 0.6) is 11.5 Å². The summed E-state index contributed by atoms with van der Waals surface area (Å²) >= 11 is 0. The van der Waals surface area contributed by atoms with E-state index in [0.717, 1.165) is 25.0 Å². The van der Waals surface area contributed by atoms with Crippen molar-refractivity contribution in [2.45, 2.75) is 19.3 Å². The summed E-state index contributed by atoms with van der Waals surface area (Å²) in [7, 11) is 0. The lowest BCUT2D eigenvalue weighted by Gasteiger charge is -2.09. The highest BCUT2D eigenvalue weighted by Crippen LogP contribution is 2.14. The maximum atomic E-state index is 7.41. The Hall–Kier alpha value is -3.09. The van der Waals surface area contributed by atoms with Crippen molar-refractivity contribution in [3.05, 3.63) is 53.9 Å². The third-order valence-corrected chi connectivity index (χ3v) is 3.48. The summed E-state index contributed by atoms with van der Waals surface area (Å²) in [6, 6.07) is 10.6. The van der Waals surface area contributed by atoms with Crippen molar-refractivity contribution < 1.29 is 9.47 Å². The van der Waals surface area contributed by atoms with E-state index in [1.807, 2.05) is 12.1 Å². The minimum absolute atomic E-state index is 0.0339. The van der Waals surface area contributed by atoms with E-state index in [1.165, 1.54) is 0 Å². The van der Waals surface area contributed by atoms with Gasteiger partial charge in [0.25, 0.3) is 0 Å². The van der Waals surface area contributed by atoms with Crippen molar-refractivity contribution in [1.82, 2.24) is 4.98 Å². The van der Waals surface area contributed by atoms with E-state index < -0.39 is 0 Å². The molecule has 6 N–H and O–H groups in total. The molecule has 0 aliphatic carbocycles. The van der Waals surface area contributed by atoms with E-state index in [4.69, 9.17) is 31.8 Å². The lowest BCUT2D eigenvalue weighted by molar-refractivity contribution is 0.279. The molecular formula is C18H23N5O2. The molecular weight excluding hydrogens is 318 g/mol. The summed E-state index contributed by atoms with van der Waals surface area (Å²) in [4.78, 5) is 3.99. The summed E-state index contributed by atoms with van der Waals surface area (Å²) in [5.41, 5.74) is 11.9. The van der Waals surface area contributed by atoms with Crippen LogP contribution in [0.25, 0.3) is 0 Å². The first-order valence-corrected chi connectivity index (χ1v) is 8.07. The van der Waals surface area contributed by atoms with E-state index >= 15 is 0 Å². The Morgan fingerprint density at radius 2 is 1.56 bits per heavy atom. The molecule has 0 fully saturated rings. The summed E-state index contributed by atoms with van der Waals surface area (Å²) in [6.45, 7) is 1.19. The molecule has 0 saturated carbocycles. The summed E-state index contributed by atoms with van der Waals surface area (Å²) in [5.74, 6) is 1.35. The fourth-order valence-electron chi connectivity index (χ4n) is 2.16. The van der Waals surface area contributed by atoms with E-state index in [2.05, 4.69) is 4.98 Å². The molecule has 2 aromatic rings. The van der Waals surface area contributed by atoms with Gasteiger partial charge in [0.2, 0.25) is 0 Å². The van der Waals surface area contributed by atoms with Crippen LogP contribution < -0.4 is 20.9 Å². The van der Waals surface area contributed by atoms with Gasteiger partial charge < -0.3 is 20.9 Å². The maximum absolute atomic E-state index is 7.41. The van der Waals surface area contributed by atoms with Crippen LogP contribution in [0, 0.1) is 10.8 Å². The van der Waals surface area contributed by atoms with Crippen LogP contribution in [0.2, 0.25) is 0 Å². The standard InChI is InChI=1S/C18H23N5O2/c19-17(20)13-5-4-6-14(11-13)24-9-2-1-3-10-25-15-7-8-23-16(12-15)18(21)22/h4-8,11-12H,1-3,9-10H2,(H3,19,20)(H3,21,22). The highest BCUT2D eigenvalue weighted by Gasteiger charge is 2.02. The molecule has 25 heavy (non-hydrogen) atoms. The van der Waals surface area contributed by atoms with Crippen molar-refractivity contribution in [2.75, 3.05) is 13.2 Å². The Kier molecular flexibility index (Phi) is 6.76. The molecule has 0 aliphatic rings. The molecule has 7 nitrogen and oxygen atoms in total. The summed E-state index contributed by atoms with van der Waals surface area (Å²) in [5, 5.41) is 14.8. The van der Waals surface area contributed by atoms with Gasteiger partial charge in [-0.25, -0.2) is 0 Å². The quantitative estimate of drug-likeness (QED) is 0.299. The van der Waals surface area contributed by atoms with Gasteiger partial charge in [0, 0.05) is 17.8 Å². The zero-order valence-electron chi connectivity index (χ0n) is 14.0. The molecule has 0 bridgehead atoms. The monoisotopic (exact) mass is 341 g/mol. The van der Waals surface area contributed by atoms with E-state index in [1.54, 1.807) is 30.5 Å². The number of nitrogen functional groups attached to an aromatic ring is 2. The van der Waals surface area contributed by atoms with Crippen molar-refractivity contribution in [3.8, 4) is 11.5 Å². The lowest BCUT2D eigenvalue weighted by Crippen LogP contribution is -2.13. The average Bonchev–Trinajstić information content (AvgIpc) is 2.61. The van der Waals surface area contributed by atoms with Crippen LogP contribution in [0.15, 0.2) is 42.6 Å². The molecule has 1 heterocycles. The normalized spacial score (nSPS) is 10.2. The first-order valence-electron chi connectivity index (χ1n) is 8.07. The zero-order valence-corrected chi connectivity index (χ0v) is 14.0. The Balaban J connectivity index is 1.62. The first kappa shape index (κ1) is 18.3. The van der Waals surface area contributed by atoms with Crippen molar-refractivity contribution in [2.24, 2.45) is 11.5 Å². The van der Waals surface area contributed by atoms with Crippen molar-refractivity contribution in [3.63, 3.8) is 0 Å². The van der Waals surface area contributed by atoms with Crippen LogP contribution >= 0.6 is 0 Å². The number of hydrogen-bond donors (Lipinski definition) is 4. The molecule has 0 unspecified atom stereocenters. The van der Waals surface area contributed by atoms with Gasteiger partial charge in [-0.1, -0.05) is 12.1 Å². The number of hydrogen-bond acceptors (Lipinski definition) is 5. The summed E-state index contributed by atoms with van der Waals surface area (Å²) < 4.78 is 11.3. The SMILES string of the molecule is N=C(N)c1cccc(OCCCCCOc2ccnc(C(=N)N)c2)c1. The number of nitrogens with one attached hydrogen (secondary N) is 2. The Bertz CT molecular complexity index is 671. The highest BCUT2D eigenvalue weighted by atomic mass is 16.5. The number of rotatable bonds is 10. The smallest absolute Gasteiger partial charge is 0.141 e. The Morgan fingerprint density at radius 3 is 2.20 bits per heavy atom. The molecule has 7 heteroatoms. The number of nitrogens with two attached hydrogens (primary N) is 2. The largest absolute Gasteiger partial charge is 0.494 e. The molecule has 2 rings (SSSR count). The van der Waals surface area contributed by atoms with Crippen molar-refractivity contribution in [1.29, 1.82) is 10.8 Å². The number of unbranched alkanes of at least 4 members (excludes halogenated alkanes) is 2. The third-order valence-electron chi connectivity index (χ3n) is 3.48. The average molecular weight is 341 g/mol. The fourth-order valence-corrected chi connectivity index (χ4v) is 2.16. The highest BCUT2D eigenvalue weighted by molar-refractivity contribution is 5.95. The number of nitrogens with zero attached hydrogens (tertiary/aromatic N) is 1. The fraction of sp³-hybridized carbons (Fsp3) is 0.278. The number of benzene rings is 1. The van der Waals surface area contributed by atoms with Crippen molar-refractivity contribution >= 4 is 11.7 Å². The van der Waals surface area contributed by atoms with Gasteiger partial charge in [0.1, 0.15) is 28.9 Å². The molecule has 0 amide bonds. The molecule has 0 spiro atoms. The lowest BCUT2D eigenvalue weighted by atomic mass is 10.2. The number of ether oxygens (including phenoxy) is 2. The van der Waals surface area contributed by atoms with E-state index in [-0.39, 0.29) is 11.7 Å². The van der Waals surface area contributed by atoms with Gasteiger partial charge in [0.15, 0.2) is 0 Å². The predicted molar refractivity (Wildman–Crippen MR) is 97.6 cm³/mol. The minimum Gasteiger partial charge on any atom is -0.494 e. The number of aromatic nitrogens is 1. The summed E-state index contributed by atoms with van der Waals surface area (Å²) in [6.07, 6.45) is 4.35. The second-order valence-corrected chi connectivity index (χ2v) is 5.49. The predicted octanol–water partition coefficient (Wildman–Crippen LogP) is 2.28. The second-order valence-electron chi connectivity index (χ2n) is 5.49. The molecule has 0 aliphatic heterocycles. The Labute approximate surface area is 147 Å². The van der Waals surface area contributed by atoms with Gasteiger partial charge in [-0.3, -0.25) is 15.8 Å². The van der Waals surface area contributed by atoms with Gasteiger partial charge in [0.05, 0.1) is 13.2 Å². The van der Waals surface area contributed by atoms with Crippen LogP contribution in [0.3, 0.4) is 0 Å². The second kappa shape index (κ2) is 9.27. The van der Waals surface area contributed by atoms with Crippen LogP contribution in [-0.2, 0) is 0 Å². The van der Waals surface area contributed by atoms with Crippen LogP contribution in [0.1, 0.15) is 30.5 Å². The topological polar surface area (TPSA) is 131 Å². The maximum Gasteiger partial charge on any atom is 0.141 e. The number of pyridine rings is 1. The molecule has 0 atom stereocenters. The molecule has 132 valence electrons. The molecule has 1 aromatic heterocycles. The third kappa shape index (κ3) is 6.14. The van der Waals surface area contributed by atoms with Gasteiger partial charge in [-0.15, -0.1) is 0 Å². The Morgan fingerprint density at radius 1 is 0.880 bits per heavy atom. The molecule has 0 radical (unpaired) electrons. The van der Waals surface area contributed by atoms with E-state index in [0.29, 0.717) is 30.2 Å². The minimum atomic E-state index is -0.0727. The zero-order chi connectivity index (χ0) is 18.1. The van der Waals surface area contributed by atoms with Crippen LogP contribution in [-0.4, -0.2) is 29.9 Å². The van der Waals surface area contributed by atoms with Gasteiger partial charge in [-0.05, 0) is 37.5 Å².